The van der Waals surface area contributed by atoms with Crippen LogP contribution in [-0.2, 0) is 5.41 Å². The standard InChI is InChI=1S/C57H47N/c1-39-14-13-23-54-56(39)52-35-34-49(38-55(52)57(54,45-17-7-3-8-18-45)46-19-9-4-10-20-46)58(48-32-28-43(29-33-48)53-37-40-24-25-44(53)36-40)47-30-26-42(27-31-47)51-22-12-11-21-50(51)41-15-5-2-6-16-41/h2-23,26-35,38,40,44,53H,24-25,36-37H2,1H3. The lowest BCUT2D eigenvalue weighted by atomic mass is 9.67. The van der Waals surface area contributed by atoms with Crippen molar-refractivity contribution in [2.75, 3.05) is 4.90 Å². The monoisotopic (exact) mass is 745 g/mol. The van der Waals surface area contributed by atoms with E-state index in [0.29, 0.717) is 5.92 Å². The third-order valence-corrected chi connectivity index (χ3v) is 13.8. The van der Waals surface area contributed by atoms with Gasteiger partial charge in [-0.1, -0.05) is 170 Å². The predicted octanol–water partition coefficient (Wildman–Crippen LogP) is 15.1. The molecule has 0 saturated heterocycles. The third-order valence-electron chi connectivity index (χ3n) is 13.8. The fourth-order valence-electron chi connectivity index (χ4n) is 11.2. The Morgan fingerprint density at radius 1 is 0.448 bits per heavy atom. The number of hydrogen-bond acceptors (Lipinski definition) is 1. The van der Waals surface area contributed by atoms with Crippen molar-refractivity contribution in [2.45, 2.75) is 43.9 Å². The molecule has 0 N–H and O–H groups in total. The maximum Gasteiger partial charge on any atom is 0.0714 e. The molecule has 3 atom stereocenters. The first-order chi connectivity index (χ1) is 28.7. The molecule has 3 unspecified atom stereocenters. The molecule has 280 valence electrons. The van der Waals surface area contributed by atoms with Gasteiger partial charge in [-0.2, -0.15) is 0 Å². The van der Waals surface area contributed by atoms with Crippen molar-refractivity contribution >= 4 is 17.1 Å². The minimum Gasteiger partial charge on any atom is -0.310 e. The Morgan fingerprint density at radius 3 is 1.62 bits per heavy atom. The quantitative estimate of drug-likeness (QED) is 0.150. The van der Waals surface area contributed by atoms with E-state index in [1.54, 1.807) is 0 Å². The highest BCUT2D eigenvalue weighted by atomic mass is 15.1. The highest BCUT2D eigenvalue weighted by Gasteiger charge is 2.47. The number of aryl methyl sites for hydroxylation is 1. The lowest BCUT2D eigenvalue weighted by Crippen LogP contribution is -2.28. The fourth-order valence-corrected chi connectivity index (χ4v) is 11.2. The summed E-state index contributed by atoms with van der Waals surface area (Å²) >= 11 is 0. The zero-order valence-corrected chi connectivity index (χ0v) is 33.1. The summed E-state index contributed by atoms with van der Waals surface area (Å²) in [5.74, 6) is 2.47. The summed E-state index contributed by atoms with van der Waals surface area (Å²) in [6.07, 6.45) is 5.59. The van der Waals surface area contributed by atoms with Gasteiger partial charge in [0.25, 0.3) is 0 Å². The van der Waals surface area contributed by atoms with Crippen LogP contribution >= 0.6 is 0 Å². The minimum atomic E-state index is -0.475. The molecular weight excluding hydrogens is 699 g/mol. The van der Waals surface area contributed by atoms with Gasteiger partial charge in [-0.25, -0.2) is 0 Å². The molecule has 1 nitrogen and oxygen atoms in total. The van der Waals surface area contributed by atoms with E-state index in [-0.39, 0.29) is 0 Å². The highest BCUT2D eigenvalue weighted by molar-refractivity contribution is 5.91. The molecule has 0 amide bonds. The number of fused-ring (bicyclic) bond motifs is 5. The van der Waals surface area contributed by atoms with Gasteiger partial charge in [0.05, 0.1) is 5.41 Å². The lowest BCUT2D eigenvalue weighted by molar-refractivity contribution is 0.420. The van der Waals surface area contributed by atoms with Gasteiger partial charge in [-0.05, 0) is 147 Å². The number of hydrogen-bond donors (Lipinski definition) is 0. The van der Waals surface area contributed by atoms with Crippen LogP contribution in [0.5, 0.6) is 0 Å². The van der Waals surface area contributed by atoms with Crippen molar-refractivity contribution in [1.82, 2.24) is 0 Å². The third kappa shape index (κ3) is 5.59. The summed E-state index contributed by atoms with van der Waals surface area (Å²) < 4.78 is 0. The van der Waals surface area contributed by atoms with Gasteiger partial charge in [0.2, 0.25) is 0 Å². The molecule has 58 heavy (non-hydrogen) atoms. The van der Waals surface area contributed by atoms with E-state index in [1.165, 1.54) is 98.1 Å². The molecule has 0 aliphatic heterocycles. The van der Waals surface area contributed by atoms with Crippen LogP contribution in [0.2, 0.25) is 0 Å². The average Bonchev–Trinajstić information content (AvgIpc) is 4.01. The zero-order chi connectivity index (χ0) is 38.6. The summed E-state index contributed by atoms with van der Waals surface area (Å²) in [6, 6.07) is 74.8. The van der Waals surface area contributed by atoms with Gasteiger partial charge in [-0.3, -0.25) is 0 Å². The van der Waals surface area contributed by atoms with Crippen LogP contribution in [0.25, 0.3) is 33.4 Å². The van der Waals surface area contributed by atoms with Crippen molar-refractivity contribution in [2.24, 2.45) is 11.8 Å². The van der Waals surface area contributed by atoms with E-state index in [0.717, 1.165) is 23.2 Å². The van der Waals surface area contributed by atoms with Crippen molar-refractivity contribution in [3.8, 4) is 33.4 Å². The average molecular weight is 746 g/mol. The predicted molar refractivity (Wildman–Crippen MR) is 242 cm³/mol. The first kappa shape index (κ1) is 34.8. The summed E-state index contributed by atoms with van der Waals surface area (Å²) in [4.78, 5) is 2.48. The molecule has 2 fully saturated rings. The largest absolute Gasteiger partial charge is 0.310 e. The second-order valence-electron chi connectivity index (χ2n) is 16.9. The van der Waals surface area contributed by atoms with Gasteiger partial charge in [0, 0.05) is 17.1 Å². The summed E-state index contributed by atoms with van der Waals surface area (Å²) in [6.45, 7) is 2.27. The first-order valence-electron chi connectivity index (χ1n) is 21.2. The molecule has 3 aliphatic carbocycles. The Balaban J connectivity index is 1.09. The van der Waals surface area contributed by atoms with E-state index < -0.39 is 5.41 Å². The topological polar surface area (TPSA) is 3.24 Å². The summed E-state index contributed by atoms with van der Waals surface area (Å²) in [7, 11) is 0. The Labute approximate surface area is 343 Å². The van der Waals surface area contributed by atoms with E-state index in [4.69, 9.17) is 0 Å². The Bertz CT molecular complexity index is 2690. The first-order valence-corrected chi connectivity index (χ1v) is 21.2. The molecule has 8 aromatic carbocycles. The molecule has 11 rings (SSSR count). The minimum absolute atomic E-state index is 0.475. The molecule has 0 spiro atoms. The Morgan fingerprint density at radius 2 is 1.02 bits per heavy atom. The number of benzene rings is 8. The summed E-state index contributed by atoms with van der Waals surface area (Å²) in [5, 5.41) is 0. The van der Waals surface area contributed by atoms with Crippen LogP contribution in [0.15, 0.2) is 200 Å². The van der Waals surface area contributed by atoms with Crippen LogP contribution in [0, 0.1) is 18.8 Å². The van der Waals surface area contributed by atoms with Crippen molar-refractivity contribution in [3.05, 3.63) is 234 Å². The second-order valence-corrected chi connectivity index (χ2v) is 16.9. The summed E-state index contributed by atoms with van der Waals surface area (Å²) in [5.41, 5.74) is 18.6. The molecular formula is C57H47N. The van der Waals surface area contributed by atoms with E-state index in [9.17, 15) is 0 Å². The Kier molecular flexibility index (Phi) is 8.51. The van der Waals surface area contributed by atoms with Gasteiger partial charge in [-0.15, -0.1) is 0 Å². The maximum atomic E-state index is 2.50. The molecule has 0 aromatic heterocycles. The van der Waals surface area contributed by atoms with Crippen LogP contribution in [0.4, 0.5) is 17.1 Å². The van der Waals surface area contributed by atoms with Crippen LogP contribution < -0.4 is 4.90 Å². The molecule has 0 radical (unpaired) electrons. The van der Waals surface area contributed by atoms with Gasteiger partial charge in [0.1, 0.15) is 0 Å². The van der Waals surface area contributed by atoms with Gasteiger partial charge < -0.3 is 4.90 Å². The molecule has 2 bridgehead atoms. The second kappa shape index (κ2) is 14.2. The molecule has 0 heterocycles. The SMILES string of the molecule is Cc1cccc2c1-c1ccc(N(c3ccc(-c4ccccc4-c4ccccc4)cc3)c3ccc(C4CC5CCC4C5)cc3)cc1C2(c1ccccc1)c1ccccc1. The molecule has 1 heteroatoms. The van der Waals surface area contributed by atoms with Crippen LogP contribution in [0.1, 0.15) is 65.0 Å². The molecule has 2 saturated carbocycles. The number of rotatable bonds is 8. The van der Waals surface area contributed by atoms with Crippen LogP contribution in [0.3, 0.4) is 0 Å². The molecule has 3 aliphatic rings. The Hall–Kier alpha value is -6.44. The van der Waals surface area contributed by atoms with E-state index in [2.05, 4.69) is 212 Å². The fraction of sp³-hybridized carbons (Fsp3) is 0.158. The highest BCUT2D eigenvalue weighted by Crippen LogP contribution is 2.58. The number of nitrogens with zero attached hydrogens (tertiary/aromatic N) is 1. The lowest BCUT2D eigenvalue weighted by Gasteiger charge is -2.35. The normalized spacial score (nSPS) is 18.5. The van der Waals surface area contributed by atoms with Crippen molar-refractivity contribution in [1.29, 1.82) is 0 Å². The maximum absolute atomic E-state index is 2.50. The smallest absolute Gasteiger partial charge is 0.0714 e. The van der Waals surface area contributed by atoms with Crippen LogP contribution in [-0.4, -0.2) is 0 Å². The van der Waals surface area contributed by atoms with Gasteiger partial charge in [0.15, 0.2) is 0 Å². The van der Waals surface area contributed by atoms with E-state index >= 15 is 0 Å². The zero-order valence-electron chi connectivity index (χ0n) is 33.1. The van der Waals surface area contributed by atoms with Crippen molar-refractivity contribution < 1.29 is 0 Å². The van der Waals surface area contributed by atoms with Gasteiger partial charge >= 0.3 is 0 Å². The molecule has 8 aromatic rings. The van der Waals surface area contributed by atoms with Crippen molar-refractivity contribution in [3.63, 3.8) is 0 Å². The van der Waals surface area contributed by atoms with E-state index in [1.807, 2.05) is 0 Å². The number of anilines is 3.